The quantitative estimate of drug-likeness (QED) is 0.397. The summed E-state index contributed by atoms with van der Waals surface area (Å²) < 4.78 is 48.8. The molecule has 0 amide bonds. The van der Waals surface area contributed by atoms with Crippen LogP contribution in [0.15, 0.2) is 30.3 Å². The standard InChI is InChI=1S/C29H38F3NO3/c1-3-19-7-11-23(12-8-19)36-26-14-10-21-17-22(9-13-24(21)28(26)29(30,31)32)25(4-2)33-15-5-6-20(18-33)16-27(34)35/h9-10,13-14,17,19-20,23,25H,3-8,11-12,15-16,18H2,1-2H3,(H,34,35). The van der Waals surface area contributed by atoms with E-state index in [0.717, 1.165) is 63.5 Å². The van der Waals surface area contributed by atoms with Gasteiger partial charge in [0.25, 0.3) is 0 Å². The van der Waals surface area contributed by atoms with Gasteiger partial charge in [-0.25, -0.2) is 0 Å². The number of benzene rings is 2. The maximum Gasteiger partial charge on any atom is 0.420 e. The third-order valence-corrected chi connectivity index (χ3v) is 8.18. The summed E-state index contributed by atoms with van der Waals surface area (Å²) in [5.41, 5.74) is 0.289. The Hall–Kier alpha value is -2.28. The zero-order valence-corrected chi connectivity index (χ0v) is 21.3. The fourth-order valence-electron chi connectivity index (χ4n) is 6.26. The van der Waals surface area contributed by atoms with Crippen LogP contribution in [0.4, 0.5) is 13.2 Å². The molecule has 0 radical (unpaired) electrons. The largest absolute Gasteiger partial charge is 0.490 e. The number of halogens is 3. The number of fused-ring (bicyclic) bond motifs is 1. The number of carbonyl (C=O) groups is 1. The predicted molar refractivity (Wildman–Crippen MR) is 135 cm³/mol. The van der Waals surface area contributed by atoms with Crippen molar-refractivity contribution in [2.45, 2.75) is 90.0 Å². The van der Waals surface area contributed by atoms with Crippen molar-refractivity contribution < 1.29 is 27.8 Å². The molecule has 4 rings (SSSR count). The molecular formula is C29H38F3NO3. The van der Waals surface area contributed by atoms with Crippen LogP contribution in [0.25, 0.3) is 10.8 Å². The van der Waals surface area contributed by atoms with Crippen molar-refractivity contribution in [2.24, 2.45) is 11.8 Å². The minimum absolute atomic E-state index is 0.0463. The highest BCUT2D eigenvalue weighted by Gasteiger charge is 2.38. The van der Waals surface area contributed by atoms with Crippen molar-refractivity contribution in [2.75, 3.05) is 13.1 Å². The molecule has 1 aliphatic carbocycles. The van der Waals surface area contributed by atoms with Crippen LogP contribution in [0, 0.1) is 11.8 Å². The molecule has 0 aromatic heterocycles. The summed E-state index contributed by atoms with van der Waals surface area (Å²) in [7, 11) is 0. The number of hydrogen-bond acceptors (Lipinski definition) is 3. The Bertz CT molecular complexity index is 1050. The number of carboxylic acids is 1. The topological polar surface area (TPSA) is 49.8 Å². The van der Waals surface area contributed by atoms with Gasteiger partial charge in [-0.2, -0.15) is 13.2 Å². The lowest BCUT2D eigenvalue weighted by molar-refractivity contribution is -0.139. The molecule has 7 heteroatoms. The number of nitrogens with zero attached hydrogens (tertiary/aromatic N) is 1. The second-order valence-electron chi connectivity index (χ2n) is 10.6. The van der Waals surface area contributed by atoms with E-state index in [2.05, 4.69) is 18.7 Å². The molecule has 2 aromatic carbocycles. The molecule has 4 nitrogen and oxygen atoms in total. The summed E-state index contributed by atoms with van der Waals surface area (Å²) in [6, 6.07) is 8.56. The Morgan fingerprint density at radius 2 is 1.83 bits per heavy atom. The highest BCUT2D eigenvalue weighted by atomic mass is 19.4. The zero-order chi connectivity index (χ0) is 25.9. The molecule has 1 heterocycles. The summed E-state index contributed by atoms with van der Waals surface area (Å²) in [5.74, 6) is -0.0959. The molecule has 2 atom stereocenters. The Labute approximate surface area is 211 Å². The highest BCUT2D eigenvalue weighted by molar-refractivity contribution is 5.89. The van der Waals surface area contributed by atoms with Gasteiger partial charge >= 0.3 is 12.1 Å². The first kappa shape index (κ1) is 26.8. The van der Waals surface area contributed by atoms with Crippen LogP contribution in [-0.4, -0.2) is 35.2 Å². The first-order chi connectivity index (χ1) is 17.2. The summed E-state index contributed by atoms with van der Waals surface area (Å²) in [6.07, 6.45) is 2.80. The molecule has 36 heavy (non-hydrogen) atoms. The van der Waals surface area contributed by atoms with E-state index in [0.29, 0.717) is 17.8 Å². The number of rotatable bonds is 8. The van der Waals surface area contributed by atoms with Gasteiger partial charge in [0.1, 0.15) is 11.3 Å². The molecule has 198 valence electrons. The van der Waals surface area contributed by atoms with Crippen LogP contribution >= 0.6 is 0 Å². The summed E-state index contributed by atoms with van der Waals surface area (Å²) in [4.78, 5) is 13.5. The van der Waals surface area contributed by atoms with Crippen molar-refractivity contribution in [1.82, 2.24) is 4.90 Å². The summed E-state index contributed by atoms with van der Waals surface area (Å²) >= 11 is 0. The number of ether oxygens (including phenoxy) is 1. The van der Waals surface area contributed by atoms with Gasteiger partial charge in [0.2, 0.25) is 0 Å². The zero-order valence-electron chi connectivity index (χ0n) is 21.3. The molecule has 1 saturated heterocycles. The van der Waals surface area contributed by atoms with E-state index in [-0.39, 0.29) is 35.6 Å². The minimum Gasteiger partial charge on any atom is -0.490 e. The van der Waals surface area contributed by atoms with Crippen LogP contribution in [0.5, 0.6) is 5.75 Å². The first-order valence-corrected chi connectivity index (χ1v) is 13.5. The van der Waals surface area contributed by atoms with E-state index < -0.39 is 17.7 Å². The Kier molecular flexibility index (Phi) is 8.48. The molecule has 1 N–H and O–H groups in total. The van der Waals surface area contributed by atoms with Crippen LogP contribution < -0.4 is 4.74 Å². The fraction of sp³-hybridized carbons (Fsp3) is 0.621. The molecule has 2 aromatic rings. The molecular weight excluding hydrogens is 467 g/mol. The average Bonchev–Trinajstić information content (AvgIpc) is 2.84. The van der Waals surface area contributed by atoms with E-state index in [4.69, 9.17) is 4.74 Å². The molecule has 1 aliphatic heterocycles. The van der Waals surface area contributed by atoms with E-state index in [9.17, 15) is 23.1 Å². The Morgan fingerprint density at radius 1 is 1.08 bits per heavy atom. The summed E-state index contributed by atoms with van der Waals surface area (Å²) in [5, 5.41) is 9.93. The van der Waals surface area contributed by atoms with Crippen molar-refractivity contribution in [3.05, 3.63) is 41.5 Å². The molecule has 2 fully saturated rings. The van der Waals surface area contributed by atoms with Crippen molar-refractivity contribution >= 4 is 16.7 Å². The number of piperidine rings is 1. The van der Waals surface area contributed by atoms with E-state index in [1.54, 1.807) is 12.1 Å². The molecule has 2 aliphatic rings. The first-order valence-electron chi connectivity index (χ1n) is 13.5. The minimum atomic E-state index is -4.52. The fourth-order valence-corrected chi connectivity index (χ4v) is 6.26. The molecule has 0 bridgehead atoms. The molecule has 0 spiro atoms. The van der Waals surface area contributed by atoms with Gasteiger partial charge in [0, 0.05) is 19.0 Å². The van der Waals surface area contributed by atoms with Gasteiger partial charge in [-0.3, -0.25) is 9.69 Å². The Morgan fingerprint density at radius 3 is 2.47 bits per heavy atom. The molecule has 1 saturated carbocycles. The lowest BCUT2D eigenvalue weighted by atomic mass is 9.86. The number of likely N-dealkylation sites (tertiary alicyclic amines) is 1. The predicted octanol–water partition coefficient (Wildman–Crippen LogP) is 7.84. The third-order valence-electron chi connectivity index (χ3n) is 8.18. The normalized spacial score (nSPS) is 24.5. The smallest absolute Gasteiger partial charge is 0.420 e. The second kappa shape index (κ2) is 11.4. The maximum absolute atomic E-state index is 14.3. The van der Waals surface area contributed by atoms with Gasteiger partial charge < -0.3 is 9.84 Å². The highest BCUT2D eigenvalue weighted by Crippen LogP contribution is 2.43. The van der Waals surface area contributed by atoms with Crippen molar-refractivity contribution in [3.8, 4) is 5.75 Å². The maximum atomic E-state index is 14.3. The Balaban J connectivity index is 1.60. The monoisotopic (exact) mass is 505 g/mol. The van der Waals surface area contributed by atoms with Gasteiger partial charge in [-0.1, -0.05) is 38.5 Å². The van der Waals surface area contributed by atoms with E-state index in [1.165, 1.54) is 6.07 Å². The second-order valence-corrected chi connectivity index (χ2v) is 10.6. The molecule has 2 unspecified atom stereocenters. The SMILES string of the molecule is CCC1CCC(Oc2ccc3cc(C(CC)N4CCCC(CC(=O)O)C4)ccc3c2C(F)(F)F)CC1. The van der Waals surface area contributed by atoms with Crippen LogP contribution in [0.2, 0.25) is 0 Å². The van der Waals surface area contributed by atoms with Crippen LogP contribution in [0.3, 0.4) is 0 Å². The van der Waals surface area contributed by atoms with Gasteiger partial charge in [0.15, 0.2) is 0 Å². The average molecular weight is 506 g/mol. The van der Waals surface area contributed by atoms with Crippen molar-refractivity contribution in [3.63, 3.8) is 0 Å². The number of carboxylic acid groups (broad SMARTS) is 1. The lowest BCUT2D eigenvalue weighted by Gasteiger charge is -2.38. The van der Waals surface area contributed by atoms with E-state index >= 15 is 0 Å². The van der Waals surface area contributed by atoms with E-state index in [1.807, 2.05) is 12.1 Å². The van der Waals surface area contributed by atoms with Crippen molar-refractivity contribution in [1.29, 1.82) is 0 Å². The number of hydrogen-bond donors (Lipinski definition) is 1. The number of alkyl halides is 3. The lowest BCUT2D eigenvalue weighted by Crippen LogP contribution is -2.38. The van der Waals surface area contributed by atoms with Crippen LogP contribution in [0.1, 0.15) is 88.8 Å². The number of aliphatic carboxylic acids is 1. The third kappa shape index (κ3) is 6.16. The van der Waals surface area contributed by atoms with Crippen LogP contribution in [-0.2, 0) is 11.0 Å². The van der Waals surface area contributed by atoms with Gasteiger partial charge in [-0.15, -0.1) is 0 Å². The summed E-state index contributed by atoms with van der Waals surface area (Å²) in [6.45, 7) is 5.80. The van der Waals surface area contributed by atoms with Gasteiger partial charge in [0.05, 0.1) is 6.10 Å². The van der Waals surface area contributed by atoms with Gasteiger partial charge in [-0.05, 0) is 91.8 Å².